The lowest BCUT2D eigenvalue weighted by molar-refractivity contribution is -0.142. The molecule has 0 spiro atoms. The van der Waals surface area contributed by atoms with E-state index in [-0.39, 0.29) is 88.2 Å². The summed E-state index contributed by atoms with van der Waals surface area (Å²) in [6.45, 7) is 9.05. The smallest absolute Gasteiger partial charge is 0.326 e. The summed E-state index contributed by atoms with van der Waals surface area (Å²) in [7, 11) is 1.31. The number of fused-ring (bicyclic) bond motifs is 5. The summed E-state index contributed by atoms with van der Waals surface area (Å²) >= 11 is 0. The molecular weight excluding hydrogens is 828 g/mol. The third-order valence-corrected chi connectivity index (χ3v) is 10.8. The minimum Gasteiger partial charge on any atom is -0.504 e. The van der Waals surface area contributed by atoms with E-state index in [9.17, 15) is 34.2 Å². The van der Waals surface area contributed by atoms with Gasteiger partial charge in [0.15, 0.2) is 11.5 Å². The highest BCUT2D eigenvalue weighted by Crippen LogP contribution is 2.45. The number of ether oxygens (including phenoxy) is 2. The van der Waals surface area contributed by atoms with Crippen molar-refractivity contribution in [3.8, 4) is 39.6 Å². The minimum absolute atomic E-state index is 0.0460. The predicted octanol–water partition coefficient (Wildman–Crippen LogP) is 3.46. The average molecular weight is 885 g/mol. The van der Waals surface area contributed by atoms with Gasteiger partial charge in [-0.15, -0.1) is 0 Å². The Morgan fingerprint density at radius 3 is 2.20 bits per heavy atom. The second-order valence-corrected chi connectivity index (χ2v) is 16.7. The third-order valence-electron chi connectivity index (χ3n) is 10.8. The van der Waals surface area contributed by atoms with Gasteiger partial charge in [0, 0.05) is 30.2 Å². The molecule has 1 aromatic heterocycles. The van der Waals surface area contributed by atoms with E-state index < -0.39 is 60.1 Å². The zero-order chi connectivity index (χ0) is 47.0. The Hall–Kier alpha value is -6.79. The number of aromatic hydroxyl groups is 1. The number of aryl methyl sites for hydroxylation is 1. The van der Waals surface area contributed by atoms with E-state index in [1.54, 1.807) is 37.3 Å². The zero-order valence-corrected chi connectivity index (χ0v) is 36.8. The fourth-order valence-electron chi connectivity index (χ4n) is 7.15. The number of nitrogens with zero attached hydrogens (tertiary/aromatic N) is 2. The number of hydrogen-bond donors (Lipinski definition) is 8. The van der Waals surface area contributed by atoms with Crippen molar-refractivity contribution in [3.05, 3.63) is 88.2 Å². The Bertz CT molecular complexity index is 2400. The van der Waals surface area contributed by atoms with Crippen LogP contribution in [-0.2, 0) is 31.0 Å². The molecule has 0 radical (unpaired) electrons. The van der Waals surface area contributed by atoms with Crippen molar-refractivity contribution in [2.75, 3.05) is 45.6 Å². The zero-order valence-electron chi connectivity index (χ0n) is 36.8. The van der Waals surface area contributed by atoms with Crippen LogP contribution in [-0.4, -0.2) is 102 Å². The number of rotatable bonds is 14. The lowest BCUT2D eigenvalue weighted by Gasteiger charge is -2.30. The first kappa shape index (κ1) is 48.2. The molecule has 11 N–H and O–H groups in total. The van der Waals surface area contributed by atoms with Crippen LogP contribution in [0.1, 0.15) is 79.2 Å². The van der Waals surface area contributed by atoms with Crippen LogP contribution in [0.2, 0.25) is 0 Å². The number of likely N-dealkylation sites (N-methyl/N-ethyl adjacent to an activating group) is 1. The Morgan fingerprint density at radius 2 is 1.59 bits per heavy atom. The number of carboxylic acid groups (broad SMARTS) is 1. The van der Waals surface area contributed by atoms with Crippen molar-refractivity contribution in [3.63, 3.8) is 0 Å². The monoisotopic (exact) mass is 884 g/mol. The summed E-state index contributed by atoms with van der Waals surface area (Å²) in [4.78, 5) is 73.2. The fraction of sp³-hybridized carbons (Fsp3) is 0.391. The molecule has 4 bridgehead atoms. The lowest BCUT2D eigenvalue weighted by atomic mass is 9.86. The van der Waals surface area contributed by atoms with Gasteiger partial charge in [0.05, 0.1) is 31.0 Å². The maximum absolute atomic E-state index is 15.3. The number of benzene rings is 3. The van der Waals surface area contributed by atoms with Crippen molar-refractivity contribution in [1.29, 1.82) is 0 Å². The quantitative estimate of drug-likeness (QED) is 0.0844. The van der Waals surface area contributed by atoms with Gasteiger partial charge in [0.2, 0.25) is 17.7 Å². The van der Waals surface area contributed by atoms with Crippen molar-refractivity contribution in [2.45, 2.75) is 77.4 Å². The van der Waals surface area contributed by atoms with Crippen molar-refractivity contribution >= 4 is 35.4 Å². The maximum Gasteiger partial charge on any atom is 0.326 e. The second kappa shape index (κ2) is 20.6. The van der Waals surface area contributed by atoms with Crippen LogP contribution in [0.4, 0.5) is 10.2 Å². The first-order valence-corrected chi connectivity index (χ1v) is 20.9. The first-order chi connectivity index (χ1) is 30.2. The van der Waals surface area contributed by atoms with Gasteiger partial charge in [-0.3, -0.25) is 19.2 Å². The van der Waals surface area contributed by atoms with Gasteiger partial charge in [-0.1, -0.05) is 32.9 Å². The average Bonchev–Trinajstić information content (AvgIpc) is 3.22. The van der Waals surface area contributed by atoms with Gasteiger partial charge in [0.25, 0.3) is 5.91 Å². The van der Waals surface area contributed by atoms with E-state index in [2.05, 4.69) is 20.9 Å². The topological polar surface area (TPSA) is 275 Å². The molecule has 17 nitrogen and oxygen atoms in total. The van der Waals surface area contributed by atoms with Crippen LogP contribution in [0.25, 0.3) is 22.4 Å². The van der Waals surface area contributed by atoms with Crippen LogP contribution in [0.5, 0.6) is 17.2 Å². The van der Waals surface area contributed by atoms with Crippen molar-refractivity contribution in [2.24, 2.45) is 11.5 Å². The van der Waals surface area contributed by atoms with Crippen molar-refractivity contribution < 1.29 is 48.0 Å². The number of anilines is 1. The summed E-state index contributed by atoms with van der Waals surface area (Å²) in [5.41, 5.74) is 19.9. The highest BCUT2D eigenvalue weighted by Gasteiger charge is 2.34. The minimum atomic E-state index is -1.54. The number of aromatic nitrogens is 1. The van der Waals surface area contributed by atoms with E-state index in [0.29, 0.717) is 30.5 Å². The molecule has 1 aliphatic heterocycles. The maximum atomic E-state index is 15.3. The van der Waals surface area contributed by atoms with Crippen LogP contribution in [0.3, 0.4) is 0 Å². The van der Waals surface area contributed by atoms with E-state index >= 15 is 4.39 Å². The molecule has 4 amide bonds. The summed E-state index contributed by atoms with van der Waals surface area (Å²) in [6.07, 6.45) is 0.716. The molecule has 18 heteroatoms. The third kappa shape index (κ3) is 11.2. The standard InChI is InChI=1S/C46H57FN8O9/c1-24-17-33(29-11-10-28(22-32(29)47)46(3,4)5)53-41(50)38(24)43(59)51-23-37(56)55(6)39-27-20-31(40(57)36(21-27)64-16-8-14-49)30-18-26(9-12-35(30)63-15-7-13-48)19-34(45(61)62)54-42(58)25(2)52-44(39)60/h9-12,17-18,20-22,25,34,39,57H,7-8,13-16,19,23,48-49H2,1-6H3,(H2,50,53)(H,51,59)(H,52,60)(H,54,58)(H,61,62)/t25-,34-,39-/m0/s1. The molecule has 4 aromatic rings. The number of phenolic OH excluding ortho intramolecular Hbond substituents is 1. The molecule has 0 aliphatic carbocycles. The molecule has 3 aromatic carbocycles. The van der Waals surface area contributed by atoms with Gasteiger partial charge in [-0.25, -0.2) is 14.2 Å². The van der Waals surface area contributed by atoms with Crippen LogP contribution < -0.4 is 42.6 Å². The number of carbonyl (C=O) groups excluding carboxylic acids is 4. The Labute approximate surface area is 370 Å². The number of hydrogen-bond acceptors (Lipinski definition) is 12. The van der Waals surface area contributed by atoms with Crippen LogP contribution in [0.15, 0.2) is 54.6 Å². The molecule has 1 aliphatic rings. The van der Waals surface area contributed by atoms with Gasteiger partial charge in [-0.2, -0.15) is 0 Å². The van der Waals surface area contributed by atoms with Gasteiger partial charge >= 0.3 is 5.97 Å². The van der Waals surface area contributed by atoms with Crippen LogP contribution in [0, 0.1) is 12.7 Å². The highest BCUT2D eigenvalue weighted by atomic mass is 19.1. The molecule has 64 heavy (non-hydrogen) atoms. The summed E-state index contributed by atoms with van der Waals surface area (Å²) in [6, 6.07) is 9.79. The first-order valence-electron chi connectivity index (χ1n) is 20.9. The van der Waals surface area contributed by atoms with Crippen LogP contribution >= 0.6 is 0 Å². The van der Waals surface area contributed by atoms with Crippen molar-refractivity contribution in [1.82, 2.24) is 25.8 Å². The summed E-state index contributed by atoms with van der Waals surface area (Å²) in [5.74, 6) is -5.40. The molecular formula is C46H57FN8O9. The number of carboxylic acids is 1. The number of nitrogen functional groups attached to an aromatic ring is 1. The number of carbonyl (C=O) groups is 5. The predicted molar refractivity (Wildman–Crippen MR) is 238 cm³/mol. The van der Waals surface area contributed by atoms with E-state index in [4.69, 9.17) is 26.7 Å². The van der Waals surface area contributed by atoms with Gasteiger partial charge in [-0.05, 0) is 110 Å². The number of halogens is 1. The molecule has 0 unspecified atom stereocenters. The van der Waals surface area contributed by atoms with E-state index in [0.717, 1.165) is 10.5 Å². The largest absolute Gasteiger partial charge is 0.504 e. The number of pyridine rings is 1. The molecule has 0 saturated heterocycles. The molecule has 5 rings (SSSR count). The Balaban J connectivity index is 1.54. The Kier molecular flexibility index (Phi) is 15.5. The highest BCUT2D eigenvalue weighted by molar-refractivity contribution is 6.02. The number of aliphatic carboxylic acids is 1. The lowest BCUT2D eigenvalue weighted by Crippen LogP contribution is -2.53. The van der Waals surface area contributed by atoms with Gasteiger partial charge < -0.3 is 57.7 Å². The number of phenols is 1. The molecule has 0 fully saturated rings. The fourth-order valence-corrected chi connectivity index (χ4v) is 7.15. The summed E-state index contributed by atoms with van der Waals surface area (Å²) < 4.78 is 27.3. The van der Waals surface area contributed by atoms with E-state index in [1.807, 2.05) is 20.8 Å². The second-order valence-electron chi connectivity index (χ2n) is 16.7. The SMILES string of the molecule is Cc1cc(-c2ccc(C(C)(C)C)cc2F)nc(N)c1C(=O)NCC(=O)N(C)[C@@H]1C(=O)N[C@@H](C)C(=O)N[C@H](C(=O)O)Cc2ccc(OCCCN)c(c2)-c2cc1cc(OCCCN)c2O. The van der Waals surface area contributed by atoms with Gasteiger partial charge in [0.1, 0.15) is 35.5 Å². The number of nitrogens with one attached hydrogen (secondary N) is 3. The Morgan fingerprint density at radius 1 is 0.922 bits per heavy atom. The molecule has 342 valence electrons. The number of nitrogens with two attached hydrogens (primary N) is 3. The molecule has 0 saturated carbocycles. The number of amides is 4. The normalized spacial score (nSPS) is 16.5. The molecule has 2 heterocycles. The van der Waals surface area contributed by atoms with E-state index in [1.165, 1.54) is 38.2 Å². The summed E-state index contributed by atoms with van der Waals surface area (Å²) in [5, 5.41) is 29.5. The molecule has 3 atom stereocenters.